The number of nitrogens with zero attached hydrogens (tertiary/aromatic N) is 3. The van der Waals surface area contributed by atoms with E-state index >= 15 is 0 Å². The SMILES string of the molecule is [C-]#[N+]c1ccc(OC2C(C)(C)C(NC(=O)c3ccc(N4CCCCC4)nc3)C2(C)C)cc1Cl. The highest BCUT2D eigenvalue weighted by atomic mass is 35.5. The van der Waals surface area contributed by atoms with Crippen molar-refractivity contribution in [2.75, 3.05) is 18.0 Å². The highest BCUT2D eigenvalue weighted by Gasteiger charge is 2.64. The number of halogens is 1. The van der Waals surface area contributed by atoms with Gasteiger partial charge in [-0.1, -0.05) is 45.4 Å². The minimum Gasteiger partial charge on any atom is -0.489 e. The van der Waals surface area contributed by atoms with Crippen LogP contribution >= 0.6 is 11.6 Å². The Morgan fingerprint density at radius 1 is 1.15 bits per heavy atom. The molecule has 1 aliphatic heterocycles. The van der Waals surface area contributed by atoms with Gasteiger partial charge in [-0.05, 0) is 43.5 Å². The zero-order chi connectivity index (χ0) is 23.8. The third-order valence-electron chi connectivity index (χ3n) is 7.10. The van der Waals surface area contributed by atoms with E-state index in [9.17, 15) is 4.79 Å². The van der Waals surface area contributed by atoms with Crippen molar-refractivity contribution >= 4 is 29.0 Å². The summed E-state index contributed by atoms with van der Waals surface area (Å²) in [6, 6.07) is 8.85. The molecule has 1 aromatic heterocycles. The number of nitrogens with one attached hydrogen (secondary N) is 1. The minimum absolute atomic E-state index is 0.0812. The van der Waals surface area contributed by atoms with Crippen LogP contribution in [0.25, 0.3) is 4.85 Å². The molecule has 1 aromatic carbocycles. The van der Waals surface area contributed by atoms with Crippen molar-refractivity contribution < 1.29 is 9.53 Å². The number of amides is 1. The van der Waals surface area contributed by atoms with E-state index in [0.29, 0.717) is 22.0 Å². The van der Waals surface area contributed by atoms with Crippen molar-refractivity contribution in [1.29, 1.82) is 0 Å². The monoisotopic (exact) mass is 466 g/mol. The molecule has 2 aliphatic rings. The molecule has 1 aliphatic carbocycles. The number of carbonyl (C=O) groups excluding carboxylic acids is 1. The molecule has 7 heteroatoms. The lowest BCUT2D eigenvalue weighted by atomic mass is 9.49. The number of piperidine rings is 1. The molecule has 2 heterocycles. The Balaban J connectivity index is 1.43. The maximum atomic E-state index is 13.0. The first kappa shape index (κ1) is 23.4. The van der Waals surface area contributed by atoms with Crippen LogP contribution < -0.4 is 15.0 Å². The number of aromatic nitrogens is 1. The van der Waals surface area contributed by atoms with Gasteiger partial charge in [-0.15, -0.1) is 0 Å². The highest BCUT2D eigenvalue weighted by molar-refractivity contribution is 6.33. The number of hydrogen-bond acceptors (Lipinski definition) is 4. The average Bonchev–Trinajstić information content (AvgIpc) is 2.81. The third kappa shape index (κ3) is 4.39. The summed E-state index contributed by atoms with van der Waals surface area (Å²) in [6.07, 6.45) is 5.19. The quantitative estimate of drug-likeness (QED) is 0.558. The van der Waals surface area contributed by atoms with Crippen LogP contribution in [0.1, 0.15) is 57.3 Å². The predicted octanol–water partition coefficient (Wildman–Crippen LogP) is 5.89. The summed E-state index contributed by atoms with van der Waals surface area (Å²) in [6.45, 7) is 17.6. The number of hydrogen-bond donors (Lipinski definition) is 1. The van der Waals surface area contributed by atoms with Gasteiger partial charge >= 0.3 is 0 Å². The van der Waals surface area contributed by atoms with Crippen LogP contribution in [0.3, 0.4) is 0 Å². The molecule has 1 N–H and O–H groups in total. The molecule has 0 spiro atoms. The van der Waals surface area contributed by atoms with Gasteiger partial charge in [0.25, 0.3) is 5.91 Å². The smallest absolute Gasteiger partial charge is 0.253 e. The van der Waals surface area contributed by atoms with Crippen LogP contribution in [0.5, 0.6) is 5.75 Å². The topological polar surface area (TPSA) is 58.8 Å². The van der Waals surface area contributed by atoms with Crippen molar-refractivity contribution in [2.24, 2.45) is 10.8 Å². The molecule has 2 aromatic rings. The van der Waals surface area contributed by atoms with Crippen molar-refractivity contribution in [1.82, 2.24) is 10.3 Å². The Morgan fingerprint density at radius 3 is 2.42 bits per heavy atom. The van der Waals surface area contributed by atoms with Crippen LogP contribution in [-0.4, -0.2) is 36.1 Å². The molecule has 0 atom stereocenters. The lowest BCUT2D eigenvalue weighted by molar-refractivity contribution is -0.164. The van der Waals surface area contributed by atoms with Crippen molar-refractivity contribution in [3.8, 4) is 5.75 Å². The fourth-order valence-electron chi connectivity index (χ4n) is 5.63. The summed E-state index contributed by atoms with van der Waals surface area (Å²) in [5.74, 6) is 1.44. The van der Waals surface area contributed by atoms with Gasteiger partial charge in [0, 0.05) is 36.2 Å². The summed E-state index contributed by atoms with van der Waals surface area (Å²) in [4.78, 5) is 23.3. The summed E-state index contributed by atoms with van der Waals surface area (Å²) >= 11 is 6.18. The number of ether oxygens (including phenoxy) is 1. The Bertz CT molecular complexity index is 1050. The molecule has 0 unspecified atom stereocenters. The van der Waals surface area contributed by atoms with Crippen LogP contribution in [0.15, 0.2) is 36.5 Å². The second-order valence-electron chi connectivity index (χ2n) is 10.2. The fourth-order valence-corrected chi connectivity index (χ4v) is 5.85. The van der Waals surface area contributed by atoms with Crippen LogP contribution in [0.4, 0.5) is 11.5 Å². The molecule has 174 valence electrons. The van der Waals surface area contributed by atoms with Gasteiger partial charge in [-0.25, -0.2) is 9.83 Å². The zero-order valence-corrected chi connectivity index (χ0v) is 20.4. The van der Waals surface area contributed by atoms with E-state index < -0.39 is 0 Å². The van der Waals surface area contributed by atoms with Crippen molar-refractivity contribution in [3.63, 3.8) is 0 Å². The molecule has 0 radical (unpaired) electrons. The second-order valence-corrected chi connectivity index (χ2v) is 10.6. The van der Waals surface area contributed by atoms with Crippen molar-refractivity contribution in [3.05, 3.63) is 58.5 Å². The zero-order valence-electron chi connectivity index (χ0n) is 19.7. The maximum Gasteiger partial charge on any atom is 0.253 e. The van der Waals surface area contributed by atoms with E-state index in [1.165, 1.54) is 19.3 Å². The number of benzene rings is 1. The van der Waals surface area contributed by atoms with Gasteiger partial charge in [-0.2, -0.15) is 0 Å². The van der Waals surface area contributed by atoms with E-state index in [1.807, 2.05) is 12.1 Å². The molecular formula is C26H31ClN4O2. The average molecular weight is 467 g/mol. The minimum atomic E-state index is -0.300. The lowest BCUT2D eigenvalue weighted by Crippen LogP contribution is -2.74. The summed E-state index contributed by atoms with van der Waals surface area (Å²) < 4.78 is 6.31. The van der Waals surface area contributed by atoms with Gasteiger partial charge in [0.2, 0.25) is 5.69 Å². The van der Waals surface area contributed by atoms with Gasteiger partial charge in [0.05, 0.1) is 17.2 Å². The Labute approximate surface area is 201 Å². The van der Waals surface area contributed by atoms with E-state index in [4.69, 9.17) is 22.9 Å². The highest BCUT2D eigenvalue weighted by Crippen LogP contribution is 2.55. The Hall–Kier alpha value is -2.78. The van der Waals surface area contributed by atoms with E-state index in [2.05, 4.69) is 47.7 Å². The summed E-state index contributed by atoms with van der Waals surface area (Å²) in [5.41, 5.74) is 0.366. The van der Waals surface area contributed by atoms with Crippen LogP contribution in [0, 0.1) is 17.4 Å². The first-order valence-electron chi connectivity index (χ1n) is 11.5. The number of pyridine rings is 1. The van der Waals surface area contributed by atoms with E-state index in [0.717, 1.165) is 18.9 Å². The molecule has 1 saturated carbocycles. The van der Waals surface area contributed by atoms with E-state index in [1.54, 1.807) is 24.4 Å². The normalized spacial score (nSPS) is 23.2. The standard InChI is InChI=1S/C26H31ClN4O2/c1-25(2)23(26(3,4)24(25)33-18-10-11-20(28-5)19(27)15-18)30-22(32)17-9-12-21(29-16-17)31-13-7-6-8-14-31/h9-12,15-16,23-24H,6-8,13-14H2,1-4H3,(H,30,32). The van der Waals surface area contributed by atoms with E-state index in [-0.39, 0.29) is 28.9 Å². The van der Waals surface area contributed by atoms with Gasteiger partial charge in [0.15, 0.2) is 0 Å². The van der Waals surface area contributed by atoms with Crippen LogP contribution in [-0.2, 0) is 0 Å². The first-order valence-corrected chi connectivity index (χ1v) is 11.9. The third-order valence-corrected chi connectivity index (χ3v) is 7.40. The van der Waals surface area contributed by atoms with Gasteiger partial charge in [-0.3, -0.25) is 4.79 Å². The summed E-state index contributed by atoms with van der Waals surface area (Å²) in [7, 11) is 0. The van der Waals surface area contributed by atoms with Gasteiger partial charge < -0.3 is 15.0 Å². The fraction of sp³-hybridized carbons (Fsp3) is 0.500. The molecule has 1 saturated heterocycles. The molecule has 6 nitrogen and oxygen atoms in total. The van der Waals surface area contributed by atoms with Gasteiger partial charge in [0.1, 0.15) is 17.7 Å². The molecule has 2 fully saturated rings. The molecule has 33 heavy (non-hydrogen) atoms. The lowest BCUT2D eigenvalue weighted by Gasteiger charge is -2.63. The van der Waals surface area contributed by atoms with Crippen molar-refractivity contribution in [2.45, 2.75) is 59.1 Å². The molecule has 0 bridgehead atoms. The maximum absolute atomic E-state index is 13.0. The number of rotatable bonds is 5. The summed E-state index contributed by atoms with van der Waals surface area (Å²) in [5, 5.41) is 3.60. The first-order chi connectivity index (χ1) is 15.6. The number of anilines is 1. The molecule has 4 rings (SSSR count). The Morgan fingerprint density at radius 2 is 1.85 bits per heavy atom. The predicted molar refractivity (Wildman–Crippen MR) is 131 cm³/mol. The molecule has 1 amide bonds. The Kier molecular flexibility index (Phi) is 6.28. The molecular weight excluding hydrogens is 436 g/mol. The number of carbonyl (C=O) groups is 1. The van der Waals surface area contributed by atoms with Crippen LogP contribution in [0.2, 0.25) is 5.02 Å². The largest absolute Gasteiger partial charge is 0.489 e. The second kappa shape index (κ2) is 8.87.